The number of carbonyl (C=O) groups excluding carboxylic acids is 1. The summed E-state index contributed by atoms with van der Waals surface area (Å²) < 4.78 is 14.6. The number of carbonyl (C=O) groups is 1. The molecular formula is C15H12BrClFNO. The first-order chi connectivity index (χ1) is 9.45. The zero-order chi connectivity index (χ0) is 14.7. The molecule has 104 valence electrons. The van der Waals surface area contributed by atoms with Crippen molar-refractivity contribution in [3.8, 4) is 0 Å². The van der Waals surface area contributed by atoms with Crippen molar-refractivity contribution in [2.45, 2.75) is 13.3 Å². The topological polar surface area (TPSA) is 29.1 Å². The molecule has 1 N–H and O–H groups in total. The number of hydrogen-bond acceptors (Lipinski definition) is 1. The zero-order valence-corrected chi connectivity index (χ0v) is 13.1. The molecule has 2 aromatic rings. The summed E-state index contributed by atoms with van der Waals surface area (Å²) in [4.78, 5) is 11.9. The van der Waals surface area contributed by atoms with E-state index >= 15 is 0 Å². The first kappa shape index (κ1) is 15.0. The Morgan fingerprint density at radius 2 is 2.05 bits per heavy atom. The van der Waals surface area contributed by atoms with Crippen LogP contribution in [0.25, 0.3) is 0 Å². The Morgan fingerprint density at radius 3 is 2.70 bits per heavy atom. The van der Waals surface area contributed by atoms with Gasteiger partial charge in [-0.05, 0) is 48.4 Å². The summed E-state index contributed by atoms with van der Waals surface area (Å²) >= 11 is 9.06. The van der Waals surface area contributed by atoms with Gasteiger partial charge in [0.1, 0.15) is 5.82 Å². The summed E-state index contributed by atoms with van der Waals surface area (Å²) in [5, 5.41) is 3.06. The van der Waals surface area contributed by atoms with Crippen LogP contribution in [0.4, 0.5) is 10.1 Å². The quantitative estimate of drug-likeness (QED) is 0.846. The van der Waals surface area contributed by atoms with Gasteiger partial charge >= 0.3 is 0 Å². The van der Waals surface area contributed by atoms with Gasteiger partial charge in [0.25, 0.3) is 0 Å². The van der Waals surface area contributed by atoms with E-state index in [1.807, 2.05) is 19.1 Å². The standard InChI is InChI=1S/C15H12BrClFNO/c1-9-6-12(4-5-13(9)16)19-15(20)7-10-2-3-11(17)8-14(10)18/h2-6,8H,7H2,1H3,(H,19,20). The highest BCUT2D eigenvalue weighted by atomic mass is 79.9. The third-order valence-corrected chi connectivity index (χ3v) is 3.93. The van der Waals surface area contributed by atoms with Gasteiger partial charge in [-0.25, -0.2) is 4.39 Å². The number of nitrogens with one attached hydrogen (secondary N) is 1. The van der Waals surface area contributed by atoms with Crippen molar-refractivity contribution in [2.24, 2.45) is 0 Å². The highest BCUT2D eigenvalue weighted by Gasteiger charge is 2.09. The van der Waals surface area contributed by atoms with Crippen LogP contribution in [0.15, 0.2) is 40.9 Å². The molecule has 0 aliphatic heterocycles. The summed E-state index contributed by atoms with van der Waals surface area (Å²) in [7, 11) is 0. The van der Waals surface area contributed by atoms with Crippen molar-refractivity contribution in [1.29, 1.82) is 0 Å². The molecule has 0 aliphatic carbocycles. The molecule has 2 nitrogen and oxygen atoms in total. The predicted octanol–water partition coefficient (Wildman–Crippen LogP) is 4.73. The zero-order valence-electron chi connectivity index (χ0n) is 10.7. The lowest BCUT2D eigenvalue weighted by atomic mass is 10.1. The third kappa shape index (κ3) is 3.81. The summed E-state index contributed by atoms with van der Waals surface area (Å²) in [6.07, 6.45) is -0.0296. The Balaban J connectivity index is 2.07. The Labute approximate surface area is 130 Å². The van der Waals surface area contributed by atoms with E-state index in [0.29, 0.717) is 16.3 Å². The van der Waals surface area contributed by atoms with Gasteiger partial charge < -0.3 is 5.32 Å². The Hall–Kier alpha value is -1.39. The van der Waals surface area contributed by atoms with Gasteiger partial charge in [0.15, 0.2) is 0 Å². The SMILES string of the molecule is Cc1cc(NC(=O)Cc2ccc(Cl)cc2F)ccc1Br. The fourth-order valence-corrected chi connectivity index (χ4v) is 2.17. The van der Waals surface area contributed by atoms with Crippen LogP contribution in [-0.2, 0) is 11.2 Å². The molecule has 1 amide bonds. The van der Waals surface area contributed by atoms with Crippen LogP contribution in [0.5, 0.6) is 0 Å². The molecule has 0 bridgehead atoms. The van der Waals surface area contributed by atoms with Gasteiger partial charge in [0.2, 0.25) is 5.91 Å². The van der Waals surface area contributed by atoms with E-state index in [0.717, 1.165) is 10.0 Å². The van der Waals surface area contributed by atoms with E-state index in [9.17, 15) is 9.18 Å². The molecule has 5 heteroatoms. The maximum Gasteiger partial charge on any atom is 0.228 e. The van der Waals surface area contributed by atoms with Crippen molar-refractivity contribution in [2.75, 3.05) is 5.32 Å². The van der Waals surface area contributed by atoms with Crippen LogP contribution in [0.3, 0.4) is 0 Å². The second-order valence-corrected chi connectivity index (χ2v) is 5.72. The van der Waals surface area contributed by atoms with E-state index < -0.39 is 5.82 Å². The van der Waals surface area contributed by atoms with Crippen molar-refractivity contribution >= 4 is 39.1 Å². The average molecular weight is 357 g/mol. The predicted molar refractivity (Wildman–Crippen MR) is 82.6 cm³/mol. The van der Waals surface area contributed by atoms with Crippen LogP contribution < -0.4 is 5.32 Å². The fourth-order valence-electron chi connectivity index (χ4n) is 1.77. The van der Waals surface area contributed by atoms with Crippen molar-refractivity contribution in [3.05, 3.63) is 62.8 Å². The number of anilines is 1. The maximum absolute atomic E-state index is 13.6. The van der Waals surface area contributed by atoms with E-state index in [2.05, 4.69) is 21.2 Å². The number of rotatable bonds is 3. The summed E-state index contributed by atoms with van der Waals surface area (Å²) in [5.74, 6) is -0.743. The van der Waals surface area contributed by atoms with Gasteiger partial charge in [-0.3, -0.25) is 4.79 Å². The maximum atomic E-state index is 13.6. The van der Waals surface area contributed by atoms with E-state index in [-0.39, 0.29) is 12.3 Å². The third-order valence-electron chi connectivity index (χ3n) is 2.81. The summed E-state index contributed by atoms with van der Waals surface area (Å²) in [6.45, 7) is 1.93. The molecule has 2 aromatic carbocycles. The van der Waals surface area contributed by atoms with Gasteiger partial charge in [-0.15, -0.1) is 0 Å². The Morgan fingerprint density at radius 1 is 1.30 bits per heavy atom. The fraction of sp³-hybridized carbons (Fsp3) is 0.133. The van der Waals surface area contributed by atoms with Crippen LogP contribution >= 0.6 is 27.5 Å². The first-order valence-corrected chi connectivity index (χ1v) is 7.13. The number of aryl methyl sites for hydroxylation is 1. The van der Waals surface area contributed by atoms with Crippen molar-refractivity contribution in [1.82, 2.24) is 0 Å². The van der Waals surface area contributed by atoms with Crippen LogP contribution in [0, 0.1) is 12.7 Å². The molecule has 0 radical (unpaired) electrons. The molecule has 0 atom stereocenters. The molecule has 0 fully saturated rings. The van der Waals surface area contributed by atoms with Gasteiger partial charge in [-0.1, -0.05) is 33.6 Å². The summed E-state index contributed by atoms with van der Waals surface area (Å²) in [5.41, 5.74) is 2.02. The smallest absolute Gasteiger partial charge is 0.228 e. The molecule has 0 unspecified atom stereocenters. The highest BCUT2D eigenvalue weighted by Crippen LogP contribution is 2.20. The van der Waals surface area contributed by atoms with Crippen LogP contribution in [0.1, 0.15) is 11.1 Å². The number of amides is 1. The molecule has 0 aliphatic rings. The lowest BCUT2D eigenvalue weighted by molar-refractivity contribution is -0.115. The molecule has 0 saturated heterocycles. The van der Waals surface area contributed by atoms with Crippen LogP contribution in [0.2, 0.25) is 5.02 Å². The minimum absolute atomic E-state index is 0.0296. The molecule has 0 heterocycles. The van der Waals surface area contributed by atoms with Crippen LogP contribution in [-0.4, -0.2) is 5.91 Å². The molecule has 20 heavy (non-hydrogen) atoms. The van der Waals surface area contributed by atoms with Gasteiger partial charge in [0.05, 0.1) is 6.42 Å². The lowest BCUT2D eigenvalue weighted by Gasteiger charge is -2.08. The molecule has 0 saturated carbocycles. The minimum atomic E-state index is -0.473. The first-order valence-electron chi connectivity index (χ1n) is 5.95. The molecule has 0 aromatic heterocycles. The summed E-state index contributed by atoms with van der Waals surface area (Å²) in [6, 6.07) is 9.77. The highest BCUT2D eigenvalue weighted by molar-refractivity contribution is 9.10. The molecule has 2 rings (SSSR count). The minimum Gasteiger partial charge on any atom is -0.326 e. The molecular weight excluding hydrogens is 345 g/mol. The second-order valence-electron chi connectivity index (χ2n) is 4.42. The second kappa shape index (κ2) is 6.37. The Bertz CT molecular complexity index is 660. The largest absolute Gasteiger partial charge is 0.326 e. The van der Waals surface area contributed by atoms with E-state index in [4.69, 9.17) is 11.6 Å². The Kier molecular flexibility index (Phi) is 4.78. The number of hydrogen-bond donors (Lipinski definition) is 1. The van der Waals surface area contributed by atoms with Crippen molar-refractivity contribution in [3.63, 3.8) is 0 Å². The van der Waals surface area contributed by atoms with Gasteiger partial charge in [-0.2, -0.15) is 0 Å². The van der Waals surface area contributed by atoms with E-state index in [1.165, 1.54) is 12.1 Å². The van der Waals surface area contributed by atoms with E-state index in [1.54, 1.807) is 12.1 Å². The van der Waals surface area contributed by atoms with Crippen molar-refractivity contribution < 1.29 is 9.18 Å². The normalized spacial score (nSPS) is 10.4. The lowest BCUT2D eigenvalue weighted by Crippen LogP contribution is -2.15. The van der Waals surface area contributed by atoms with Gasteiger partial charge in [0, 0.05) is 15.2 Å². The number of benzene rings is 2. The number of halogens is 3. The average Bonchev–Trinajstić information content (AvgIpc) is 2.37. The molecule has 0 spiro atoms. The monoisotopic (exact) mass is 355 g/mol.